The van der Waals surface area contributed by atoms with Crippen molar-refractivity contribution in [3.63, 3.8) is 0 Å². The summed E-state index contributed by atoms with van der Waals surface area (Å²) in [5, 5.41) is 7.96. The zero-order chi connectivity index (χ0) is 18.8. The van der Waals surface area contributed by atoms with Crippen molar-refractivity contribution >= 4 is 17.5 Å². The number of anilines is 2. The number of benzene rings is 1. The van der Waals surface area contributed by atoms with Crippen LogP contribution in [-0.2, 0) is 0 Å². The molecule has 9 heteroatoms. The predicted octanol–water partition coefficient (Wildman–Crippen LogP) is 2.09. The number of rotatable bonds is 2. The molecule has 3 heterocycles. The molecule has 2 aromatic rings. The number of amides is 2. The number of halogens is 2. The average molecular weight is 375 g/mol. The molecule has 1 saturated heterocycles. The third-order valence-corrected chi connectivity index (χ3v) is 4.79. The highest BCUT2D eigenvalue weighted by molar-refractivity contribution is 5.95. The molecule has 1 fully saturated rings. The minimum Gasteiger partial charge on any atom is -0.489 e. The third-order valence-electron chi connectivity index (χ3n) is 4.79. The van der Waals surface area contributed by atoms with Crippen LogP contribution in [0.25, 0.3) is 0 Å². The van der Waals surface area contributed by atoms with E-state index in [1.54, 1.807) is 11.1 Å². The van der Waals surface area contributed by atoms with Gasteiger partial charge in [0.2, 0.25) is 0 Å². The Hall–Kier alpha value is -2.97. The molecule has 1 aromatic carbocycles. The van der Waals surface area contributed by atoms with Crippen LogP contribution in [0.3, 0.4) is 0 Å². The van der Waals surface area contributed by atoms with Crippen LogP contribution in [0.15, 0.2) is 36.5 Å². The van der Waals surface area contributed by atoms with Crippen LogP contribution < -0.4 is 14.5 Å². The quantitative estimate of drug-likeness (QED) is 0.805. The molecule has 7 nitrogen and oxygen atoms in total. The summed E-state index contributed by atoms with van der Waals surface area (Å²) in [6, 6.07) is 6.58. The first-order chi connectivity index (χ1) is 13.2. The Morgan fingerprint density at radius 1 is 1.22 bits per heavy atom. The number of alkyl halides is 1. The van der Waals surface area contributed by atoms with Crippen LogP contribution in [0.1, 0.15) is 0 Å². The molecule has 4 rings (SSSR count). The van der Waals surface area contributed by atoms with Gasteiger partial charge in [-0.2, -0.15) is 5.10 Å². The van der Waals surface area contributed by atoms with Crippen LogP contribution in [0, 0.1) is 5.82 Å². The number of ether oxygens (including phenoxy) is 1. The summed E-state index contributed by atoms with van der Waals surface area (Å²) >= 11 is 0. The van der Waals surface area contributed by atoms with Gasteiger partial charge in [0.25, 0.3) is 0 Å². The minimum atomic E-state index is -0.734. The first kappa shape index (κ1) is 17.4. The monoisotopic (exact) mass is 375 g/mol. The van der Waals surface area contributed by atoms with Gasteiger partial charge in [0, 0.05) is 38.4 Å². The number of nitrogens with zero attached hydrogens (tertiary/aromatic N) is 5. The predicted molar refractivity (Wildman–Crippen MR) is 95.4 cm³/mol. The van der Waals surface area contributed by atoms with E-state index in [4.69, 9.17) is 4.74 Å². The standard InChI is InChI=1S/C18H19F2N5O2/c19-11-14-12-27-16-10-13(20)3-4-15(16)25(14)18(26)24-8-6-23(7-9-24)17-2-1-5-21-22-17/h1-5,10,14H,6-9,11-12H2. The number of fused-ring (bicyclic) bond motifs is 1. The summed E-state index contributed by atoms with van der Waals surface area (Å²) in [5.74, 6) is 0.558. The van der Waals surface area contributed by atoms with E-state index in [0.717, 1.165) is 5.82 Å². The van der Waals surface area contributed by atoms with Gasteiger partial charge >= 0.3 is 6.03 Å². The lowest BCUT2D eigenvalue weighted by atomic mass is 10.1. The molecule has 1 atom stereocenters. The lowest BCUT2D eigenvalue weighted by molar-refractivity contribution is 0.182. The summed E-state index contributed by atoms with van der Waals surface area (Å²) in [6.45, 7) is 1.42. The largest absolute Gasteiger partial charge is 0.489 e. The summed E-state index contributed by atoms with van der Waals surface area (Å²) in [5.41, 5.74) is 0.395. The van der Waals surface area contributed by atoms with Gasteiger partial charge in [0.1, 0.15) is 30.9 Å². The van der Waals surface area contributed by atoms with E-state index >= 15 is 0 Å². The van der Waals surface area contributed by atoms with Crippen LogP contribution in [0.2, 0.25) is 0 Å². The van der Waals surface area contributed by atoms with E-state index < -0.39 is 18.5 Å². The second kappa shape index (κ2) is 7.34. The maximum Gasteiger partial charge on any atom is 0.325 e. The zero-order valence-electron chi connectivity index (χ0n) is 14.6. The van der Waals surface area contributed by atoms with Gasteiger partial charge in [-0.15, -0.1) is 5.10 Å². The number of urea groups is 1. The second-order valence-corrected chi connectivity index (χ2v) is 6.44. The van der Waals surface area contributed by atoms with Crippen LogP contribution in [0.4, 0.5) is 25.1 Å². The number of piperazine rings is 1. The molecule has 2 aliphatic heterocycles. The SMILES string of the molecule is O=C(N1CCN(c2cccnn2)CC1)N1c2ccc(F)cc2OCC1CF. The van der Waals surface area contributed by atoms with Crippen LogP contribution in [-0.4, -0.2) is 66.6 Å². The molecule has 1 aromatic heterocycles. The molecular weight excluding hydrogens is 356 g/mol. The molecule has 0 aliphatic carbocycles. The van der Waals surface area contributed by atoms with Gasteiger partial charge in [-0.25, -0.2) is 13.6 Å². The number of carbonyl (C=O) groups excluding carboxylic acids is 1. The van der Waals surface area contributed by atoms with Gasteiger partial charge in [-0.05, 0) is 24.3 Å². The molecule has 2 amide bonds. The van der Waals surface area contributed by atoms with E-state index in [1.165, 1.54) is 23.1 Å². The van der Waals surface area contributed by atoms with Crippen molar-refractivity contribution in [2.75, 3.05) is 49.3 Å². The van der Waals surface area contributed by atoms with E-state index in [-0.39, 0.29) is 18.4 Å². The maximum absolute atomic E-state index is 13.5. The first-order valence-electron chi connectivity index (χ1n) is 8.76. The van der Waals surface area contributed by atoms with Crippen molar-refractivity contribution in [3.05, 3.63) is 42.3 Å². The Kier molecular flexibility index (Phi) is 4.74. The number of carbonyl (C=O) groups is 1. The fourth-order valence-electron chi connectivity index (χ4n) is 3.37. The number of hydrogen-bond donors (Lipinski definition) is 0. The highest BCUT2D eigenvalue weighted by Gasteiger charge is 2.36. The normalized spacial score (nSPS) is 19.5. The van der Waals surface area contributed by atoms with Gasteiger partial charge in [0.15, 0.2) is 5.82 Å². The highest BCUT2D eigenvalue weighted by Crippen LogP contribution is 2.35. The minimum absolute atomic E-state index is 0.00172. The Balaban J connectivity index is 1.51. The van der Waals surface area contributed by atoms with Gasteiger partial charge in [-0.1, -0.05) is 0 Å². The number of aromatic nitrogens is 2. The Bertz CT molecular complexity index is 815. The summed E-state index contributed by atoms with van der Waals surface area (Å²) < 4.78 is 32.4. The van der Waals surface area contributed by atoms with E-state index in [2.05, 4.69) is 10.2 Å². The fraction of sp³-hybridized carbons (Fsp3) is 0.389. The molecule has 2 aliphatic rings. The molecule has 0 radical (unpaired) electrons. The van der Waals surface area contributed by atoms with Crippen molar-refractivity contribution < 1.29 is 18.3 Å². The highest BCUT2D eigenvalue weighted by atomic mass is 19.1. The molecule has 27 heavy (non-hydrogen) atoms. The molecule has 142 valence electrons. The summed E-state index contributed by atoms with van der Waals surface area (Å²) in [7, 11) is 0. The molecule has 0 saturated carbocycles. The maximum atomic E-state index is 13.5. The van der Waals surface area contributed by atoms with Crippen LogP contribution in [0.5, 0.6) is 5.75 Å². The number of hydrogen-bond acceptors (Lipinski definition) is 5. The van der Waals surface area contributed by atoms with Crippen molar-refractivity contribution in [1.29, 1.82) is 0 Å². The zero-order valence-corrected chi connectivity index (χ0v) is 14.6. The molecule has 0 bridgehead atoms. The molecule has 0 spiro atoms. The van der Waals surface area contributed by atoms with Gasteiger partial charge in [-0.3, -0.25) is 4.90 Å². The van der Waals surface area contributed by atoms with Crippen molar-refractivity contribution in [2.24, 2.45) is 0 Å². The van der Waals surface area contributed by atoms with Crippen LogP contribution >= 0.6 is 0 Å². The summed E-state index contributed by atoms with van der Waals surface area (Å²) in [6.07, 6.45) is 1.61. The van der Waals surface area contributed by atoms with E-state index in [0.29, 0.717) is 31.9 Å². The third kappa shape index (κ3) is 3.36. The Morgan fingerprint density at radius 3 is 2.74 bits per heavy atom. The fourth-order valence-corrected chi connectivity index (χ4v) is 3.37. The average Bonchev–Trinajstić information content (AvgIpc) is 2.73. The van der Waals surface area contributed by atoms with Crippen molar-refractivity contribution in [3.8, 4) is 5.75 Å². The van der Waals surface area contributed by atoms with Crippen molar-refractivity contribution in [1.82, 2.24) is 15.1 Å². The molecular formula is C18H19F2N5O2. The molecule has 1 unspecified atom stereocenters. The van der Waals surface area contributed by atoms with Crippen molar-refractivity contribution in [2.45, 2.75) is 6.04 Å². The smallest absolute Gasteiger partial charge is 0.325 e. The first-order valence-corrected chi connectivity index (χ1v) is 8.76. The van der Waals surface area contributed by atoms with Gasteiger partial charge < -0.3 is 14.5 Å². The lowest BCUT2D eigenvalue weighted by Crippen LogP contribution is -2.57. The van der Waals surface area contributed by atoms with E-state index in [1.807, 2.05) is 17.0 Å². The second-order valence-electron chi connectivity index (χ2n) is 6.44. The van der Waals surface area contributed by atoms with E-state index in [9.17, 15) is 13.6 Å². The topological polar surface area (TPSA) is 61.8 Å². The summed E-state index contributed by atoms with van der Waals surface area (Å²) in [4.78, 5) is 18.2. The Labute approximate surface area is 155 Å². The Morgan fingerprint density at radius 2 is 2.04 bits per heavy atom. The molecule has 0 N–H and O–H groups in total. The lowest BCUT2D eigenvalue weighted by Gasteiger charge is -2.41. The van der Waals surface area contributed by atoms with Gasteiger partial charge in [0.05, 0.1) is 5.69 Å².